The highest BCUT2D eigenvalue weighted by Gasteiger charge is 2.32. The van der Waals surface area contributed by atoms with Crippen LogP contribution in [0.4, 0.5) is 5.69 Å². The lowest BCUT2D eigenvalue weighted by molar-refractivity contribution is 0.146. The average Bonchev–Trinajstić information content (AvgIpc) is 2.92. The number of guanidine groups is 1. The lowest BCUT2D eigenvalue weighted by Gasteiger charge is -2.41. The van der Waals surface area contributed by atoms with Crippen LogP contribution in [0.25, 0.3) is 0 Å². The summed E-state index contributed by atoms with van der Waals surface area (Å²) >= 11 is 0. The molecule has 2 aliphatic carbocycles. The summed E-state index contributed by atoms with van der Waals surface area (Å²) in [5.74, 6) is 3.11. The lowest BCUT2D eigenvalue weighted by Crippen LogP contribution is -2.49. The van der Waals surface area contributed by atoms with Crippen LogP contribution in [0.3, 0.4) is 0 Å². The van der Waals surface area contributed by atoms with Gasteiger partial charge in [-0.1, -0.05) is 56.7 Å². The maximum atomic E-state index is 6.65. The fourth-order valence-electron chi connectivity index (χ4n) is 6.64. The van der Waals surface area contributed by atoms with Crippen molar-refractivity contribution in [2.45, 2.75) is 95.7 Å². The Kier molecular flexibility index (Phi) is 8.47. The van der Waals surface area contributed by atoms with E-state index < -0.39 is 0 Å². The first-order chi connectivity index (χ1) is 17.7. The second kappa shape index (κ2) is 12.1. The molecule has 5 nitrogen and oxygen atoms in total. The summed E-state index contributed by atoms with van der Waals surface area (Å²) < 4.78 is 6.13. The molecule has 2 aromatic carbocycles. The predicted molar refractivity (Wildman–Crippen MR) is 149 cm³/mol. The number of nitrogens with two attached hydrogens (primary N) is 1. The molecule has 2 aromatic rings. The molecule has 194 valence electrons. The van der Waals surface area contributed by atoms with Crippen LogP contribution < -0.4 is 10.5 Å². The summed E-state index contributed by atoms with van der Waals surface area (Å²) in [5.41, 5.74) is 8.83. The second-order valence-electron chi connectivity index (χ2n) is 11.2. The van der Waals surface area contributed by atoms with Gasteiger partial charge in [-0.25, -0.2) is 4.99 Å². The molecule has 2 saturated carbocycles. The van der Waals surface area contributed by atoms with Gasteiger partial charge < -0.3 is 20.3 Å². The van der Waals surface area contributed by atoms with Gasteiger partial charge in [0.15, 0.2) is 5.96 Å². The van der Waals surface area contributed by atoms with Gasteiger partial charge in [0.1, 0.15) is 11.5 Å². The fourth-order valence-corrected chi connectivity index (χ4v) is 6.64. The van der Waals surface area contributed by atoms with Gasteiger partial charge in [0.2, 0.25) is 0 Å². The summed E-state index contributed by atoms with van der Waals surface area (Å²) in [4.78, 5) is 9.92. The number of benzene rings is 2. The molecule has 1 atom stereocenters. The molecule has 0 bridgehead atoms. The second-order valence-corrected chi connectivity index (χ2v) is 11.2. The Morgan fingerprint density at radius 1 is 0.944 bits per heavy atom. The molecule has 1 aliphatic heterocycles. The lowest BCUT2D eigenvalue weighted by atomic mass is 9.81. The molecule has 0 amide bonds. The van der Waals surface area contributed by atoms with E-state index in [1.807, 2.05) is 42.5 Å². The van der Waals surface area contributed by atoms with E-state index in [0.717, 1.165) is 29.8 Å². The molecule has 0 aromatic heterocycles. The smallest absolute Gasteiger partial charge is 0.197 e. The van der Waals surface area contributed by atoms with Crippen molar-refractivity contribution in [2.75, 3.05) is 13.6 Å². The molecule has 3 aliphatic rings. The van der Waals surface area contributed by atoms with Crippen LogP contribution in [0.15, 0.2) is 53.5 Å². The van der Waals surface area contributed by atoms with Crippen molar-refractivity contribution in [2.24, 2.45) is 16.6 Å². The normalized spacial score (nSPS) is 20.2. The van der Waals surface area contributed by atoms with E-state index in [0.29, 0.717) is 17.9 Å². The number of rotatable bonds is 9. The maximum Gasteiger partial charge on any atom is 0.197 e. The highest BCUT2D eigenvalue weighted by Crippen LogP contribution is 2.37. The van der Waals surface area contributed by atoms with Gasteiger partial charge in [0.05, 0.1) is 5.69 Å². The van der Waals surface area contributed by atoms with Gasteiger partial charge in [-0.3, -0.25) is 0 Å². The van der Waals surface area contributed by atoms with E-state index in [2.05, 4.69) is 22.9 Å². The predicted octanol–water partition coefficient (Wildman–Crippen LogP) is 7.23. The Balaban J connectivity index is 1.28. The summed E-state index contributed by atoms with van der Waals surface area (Å²) in [6, 6.07) is 17.4. The van der Waals surface area contributed by atoms with Crippen LogP contribution in [-0.2, 0) is 6.54 Å². The van der Waals surface area contributed by atoms with Crippen molar-refractivity contribution < 1.29 is 4.74 Å². The summed E-state index contributed by atoms with van der Waals surface area (Å²) in [6.45, 7) is 2.00. The minimum Gasteiger partial charge on any atom is -0.457 e. The number of aliphatic imine (C=N–C) groups is 1. The Morgan fingerprint density at radius 3 is 2.42 bits per heavy atom. The van der Waals surface area contributed by atoms with Gasteiger partial charge in [-0.15, -0.1) is 0 Å². The molecular weight excluding hydrogens is 444 g/mol. The van der Waals surface area contributed by atoms with E-state index in [1.54, 1.807) is 0 Å². The van der Waals surface area contributed by atoms with Gasteiger partial charge >= 0.3 is 0 Å². The Bertz CT molecular complexity index is 995. The summed E-state index contributed by atoms with van der Waals surface area (Å²) in [6.07, 6.45) is 16.1. The molecule has 5 heteroatoms. The SMILES string of the molecule is CN(CCC[C@@H](C1CCCCC1)N1Cc2cc(Oc3ccccc3)ccc2N=C1N)C1CCCCC1. The first-order valence-electron chi connectivity index (χ1n) is 14.3. The van der Waals surface area contributed by atoms with Crippen molar-refractivity contribution in [3.05, 3.63) is 54.1 Å². The van der Waals surface area contributed by atoms with E-state index in [9.17, 15) is 0 Å². The quantitative estimate of drug-likeness (QED) is 0.404. The molecule has 0 radical (unpaired) electrons. The molecule has 0 unspecified atom stereocenters. The number of hydrogen-bond acceptors (Lipinski definition) is 5. The molecule has 2 fully saturated rings. The summed E-state index contributed by atoms with van der Waals surface area (Å²) in [7, 11) is 2.34. The molecule has 0 saturated heterocycles. The van der Waals surface area contributed by atoms with Crippen LogP contribution >= 0.6 is 0 Å². The number of fused-ring (bicyclic) bond motifs is 1. The zero-order valence-electron chi connectivity index (χ0n) is 22.1. The first-order valence-corrected chi connectivity index (χ1v) is 14.3. The van der Waals surface area contributed by atoms with Crippen molar-refractivity contribution >= 4 is 11.6 Å². The van der Waals surface area contributed by atoms with Crippen LogP contribution in [0.1, 0.15) is 82.6 Å². The number of nitrogens with zero attached hydrogens (tertiary/aromatic N) is 3. The third kappa shape index (κ3) is 6.23. The van der Waals surface area contributed by atoms with E-state index in [-0.39, 0.29) is 0 Å². The van der Waals surface area contributed by atoms with E-state index >= 15 is 0 Å². The van der Waals surface area contributed by atoms with Gasteiger partial charge in [-0.05, 0) is 88.4 Å². The zero-order chi connectivity index (χ0) is 24.7. The Morgan fingerprint density at radius 2 is 1.67 bits per heavy atom. The monoisotopic (exact) mass is 488 g/mol. The van der Waals surface area contributed by atoms with Crippen LogP contribution in [0, 0.1) is 5.92 Å². The van der Waals surface area contributed by atoms with E-state index in [4.69, 9.17) is 15.5 Å². The number of hydrogen-bond donors (Lipinski definition) is 1. The van der Waals surface area contributed by atoms with Crippen LogP contribution in [0.2, 0.25) is 0 Å². The highest BCUT2D eigenvalue weighted by molar-refractivity contribution is 5.84. The van der Waals surface area contributed by atoms with Crippen LogP contribution in [-0.4, -0.2) is 41.4 Å². The third-order valence-corrected chi connectivity index (χ3v) is 8.70. The van der Waals surface area contributed by atoms with Crippen molar-refractivity contribution in [1.29, 1.82) is 0 Å². The molecule has 5 rings (SSSR count). The third-order valence-electron chi connectivity index (χ3n) is 8.70. The molecule has 1 heterocycles. The van der Waals surface area contributed by atoms with Gasteiger partial charge in [-0.2, -0.15) is 0 Å². The van der Waals surface area contributed by atoms with Crippen molar-refractivity contribution in [3.8, 4) is 11.5 Å². The molecule has 2 N–H and O–H groups in total. The Labute approximate surface area is 217 Å². The molecule has 36 heavy (non-hydrogen) atoms. The van der Waals surface area contributed by atoms with E-state index in [1.165, 1.54) is 89.2 Å². The molecule has 0 spiro atoms. The fraction of sp³-hybridized carbons (Fsp3) is 0.581. The Hall–Kier alpha value is -2.53. The topological polar surface area (TPSA) is 54.1 Å². The highest BCUT2D eigenvalue weighted by atomic mass is 16.5. The first kappa shape index (κ1) is 25.1. The minimum absolute atomic E-state index is 0.459. The average molecular weight is 489 g/mol. The van der Waals surface area contributed by atoms with Gasteiger partial charge in [0.25, 0.3) is 0 Å². The molecular formula is C31H44N4O. The van der Waals surface area contributed by atoms with Crippen molar-refractivity contribution in [3.63, 3.8) is 0 Å². The van der Waals surface area contributed by atoms with Crippen molar-refractivity contribution in [1.82, 2.24) is 9.80 Å². The van der Waals surface area contributed by atoms with Gasteiger partial charge in [0, 0.05) is 24.2 Å². The zero-order valence-corrected chi connectivity index (χ0v) is 22.1. The largest absolute Gasteiger partial charge is 0.457 e. The minimum atomic E-state index is 0.459. The van der Waals surface area contributed by atoms with Crippen LogP contribution in [0.5, 0.6) is 11.5 Å². The number of ether oxygens (including phenoxy) is 1. The standard InChI is InChI=1S/C31H44N4O/c1-34(26-14-7-3-8-15-26)21-11-18-30(24-12-5-2-6-13-24)35-23-25-22-28(19-20-29(25)33-31(35)32)36-27-16-9-4-10-17-27/h4,9-10,16-17,19-20,22,24,26,30H,2-3,5-8,11-15,18,21,23H2,1H3,(H2,32,33)/t30-/m0/s1. The maximum absolute atomic E-state index is 6.65. The summed E-state index contributed by atoms with van der Waals surface area (Å²) in [5, 5.41) is 0. The number of para-hydroxylation sites is 1.